The zero-order valence-corrected chi connectivity index (χ0v) is 22.4. The summed E-state index contributed by atoms with van der Waals surface area (Å²) in [4.78, 5) is 6.67. The Labute approximate surface area is 234 Å². The third-order valence-electron chi connectivity index (χ3n) is 8.35. The third kappa shape index (κ3) is 6.75. The van der Waals surface area contributed by atoms with Crippen LogP contribution in [0.3, 0.4) is 0 Å². The molecule has 3 nitrogen and oxygen atoms in total. The van der Waals surface area contributed by atoms with Crippen molar-refractivity contribution in [3.8, 4) is 0 Å². The molecule has 2 aromatic carbocycles. The van der Waals surface area contributed by atoms with Gasteiger partial charge in [0, 0.05) is 30.9 Å². The molecule has 220 valence electrons. The van der Waals surface area contributed by atoms with Crippen LogP contribution in [0.4, 0.5) is 30.7 Å². The van der Waals surface area contributed by atoms with Gasteiger partial charge in [0.25, 0.3) is 0 Å². The van der Waals surface area contributed by atoms with E-state index in [1.165, 1.54) is 19.1 Å². The van der Waals surface area contributed by atoms with E-state index in [1.54, 1.807) is 18.3 Å². The molecule has 0 radical (unpaired) electrons. The predicted octanol–water partition coefficient (Wildman–Crippen LogP) is 8.74. The molecule has 0 spiro atoms. The first-order valence-corrected chi connectivity index (χ1v) is 13.7. The molecule has 5 rings (SSSR count). The number of pyridine rings is 1. The van der Waals surface area contributed by atoms with Crippen molar-refractivity contribution in [2.45, 2.75) is 69.1 Å². The van der Waals surface area contributed by atoms with Crippen molar-refractivity contribution < 1.29 is 35.5 Å². The summed E-state index contributed by atoms with van der Waals surface area (Å²) in [6.45, 7) is 3.11. The van der Waals surface area contributed by atoms with Crippen LogP contribution in [0.25, 0.3) is 0 Å². The number of nitrogens with zero attached hydrogens (tertiary/aromatic N) is 2. The van der Waals surface area contributed by atoms with Gasteiger partial charge in [-0.25, -0.2) is 4.39 Å². The van der Waals surface area contributed by atoms with Crippen molar-refractivity contribution >= 4 is 0 Å². The van der Waals surface area contributed by atoms with Crippen LogP contribution < -0.4 is 0 Å². The first kappa shape index (κ1) is 29.5. The van der Waals surface area contributed by atoms with Crippen molar-refractivity contribution in [3.63, 3.8) is 0 Å². The lowest BCUT2D eigenvalue weighted by Crippen LogP contribution is -2.32. The van der Waals surface area contributed by atoms with Crippen LogP contribution in [0.1, 0.15) is 78.5 Å². The van der Waals surface area contributed by atoms with Gasteiger partial charge in [-0.1, -0.05) is 18.2 Å². The molecule has 0 bridgehead atoms. The number of benzene rings is 2. The Kier molecular flexibility index (Phi) is 8.43. The van der Waals surface area contributed by atoms with E-state index < -0.39 is 41.5 Å². The highest BCUT2D eigenvalue weighted by molar-refractivity contribution is 5.35. The molecule has 1 saturated heterocycles. The van der Waals surface area contributed by atoms with Crippen LogP contribution in [-0.4, -0.2) is 29.1 Å². The Hall–Kier alpha value is -2.98. The second-order valence-electron chi connectivity index (χ2n) is 11.0. The molecule has 5 atom stereocenters. The van der Waals surface area contributed by atoms with Gasteiger partial charge in [-0.05, 0) is 98.2 Å². The Bertz CT molecular complexity index is 1280. The third-order valence-corrected chi connectivity index (χ3v) is 8.35. The Morgan fingerprint density at radius 1 is 0.902 bits per heavy atom. The number of hydrogen-bond acceptors (Lipinski definition) is 3. The van der Waals surface area contributed by atoms with E-state index in [2.05, 4.69) is 16.0 Å². The van der Waals surface area contributed by atoms with E-state index in [4.69, 9.17) is 4.74 Å². The van der Waals surface area contributed by atoms with Gasteiger partial charge in [0.15, 0.2) is 0 Å². The van der Waals surface area contributed by atoms with E-state index in [1.807, 2.05) is 12.3 Å². The largest absolute Gasteiger partial charge is 0.416 e. The quantitative estimate of drug-likeness (QED) is 0.261. The van der Waals surface area contributed by atoms with Crippen LogP contribution in [-0.2, 0) is 17.1 Å². The molecule has 1 aliphatic carbocycles. The first-order chi connectivity index (χ1) is 19.4. The lowest BCUT2D eigenvalue weighted by Gasteiger charge is -2.33. The van der Waals surface area contributed by atoms with Gasteiger partial charge in [0.2, 0.25) is 0 Å². The molecule has 10 heteroatoms. The Morgan fingerprint density at radius 2 is 1.59 bits per heavy atom. The molecule has 3 aromatic rings. The van der Waals surface area contributed by atoms with Crippen LogP contribution in [0.2, 0.25) is 0 Å². The first-order valence-electron chi connectivity index (χ1n) is 13.7. The summed E-state index contributed by atoms with van der Waals surface area (Å²) < 4.78 is 101. The molecule has 2 heterocycles. The van der Waals surface area contributed by atoms with Gasteiger partial charge in [-0.15, -0.1) is 0 Å². The van der Waals surface area contributed by atoms with Crippen LogP contribution in [0, 0.1) is 11.7 Å². The molecule has 2 fully saturated rings. The molecule has 1 saturated carbocycles. The number of halogens is 7. The van der Waals surface area contributed by atoms with Crippen LogP contribution in [0.15, 0.2) is 67.0 Å². The number of aromatic nitrogens is 1. The summed E-state index contributed by atoms with van der Waals surface area (Å²) in [6.07, 6.45) is -4.42. The topological polar surface area (TPSA) is 25.4 Å². The van der Waals surface area contributed by atoms with Gasteiger partial charge < -0.3 is 4.74 Å². The highest BCUT2D eigenvalue weighted by atomic mass is 19.4. The van der Waals surface area contributed by atoms with Crippen LogP contribution in [0.5, 0.6) is 0 Å². The highest BCUT2D eigenvalue weighted by Crippen LogP contribution is 2.46. The molecule has 0 N–H and O–H groups in total. The lowest BCUT2D eigenvalue weighted by molar-refractivity contribution is -0.143. The summed E-state index contributed by atoms with van der Waals surface area (Å²) in [5.41, 5.74) is -0.957. The van der Waals surface area contributed by atoms with Crippen molar-refractivity contribution in [3.05, 3.63) is 101 Å². The van der Waals surface area contributed by atoms with E-state index in [9.17, 15) is 30.7 Å². The number of rotatable bonds is 7. The van der Waals surface area contributed by atoms with E-state index in [0.29, 0.717) is 6.42 Å². The zero-order chi connectivity index (χ0) is 29.4. The molecule has 41 heavy (non-hydrogen) atoms. The fourth-order valence-electron chi connectivity index (χ4n) is 6.42. The molecule has 2 aliphatic rings. The smallest absolute Gasteiger partial charge is 0.370 e. The lowest BCUT2D eigenvalue weighted by atomic mass is 9.86. The normalized spacial score (nSPS) is 24.6. The van der Waals surface area contributed by atoms with E-state index in [-0.39, 0.29) is 29.5 Å². The Balaban J connectivity index is 1.41. The Morgan fingerprint density at radius 3 is 2.20 bits per heavy atom. The zero-order valence-electron chi connectivity index (χ0n) is 22.4. The van der Waals surface area contributed by atoms with Crippen LogP contribution >= 0.6 is 0 Å². The predicted molar refractivity (Wildman–Crippen MR) is 139 cm³/mol. The average Bonchev–Trinajstić information content (AvgIpc) is 3.55. The van der Waals surface area contributed by atoms with Gasteiger partial charge in [0.1, 0.15) is 5.82 Å². The molecule has 0 amide bonds. The number of hydrogen-bond donors (Lipinski definition) is 0. The van der Waals surface area contributed by atoms with E-state index >= 15 is 0 Å². The summed E-state index contributed by atoms with van der Waals surface area (Å²) >= 11 is 0. The minimum absolute atomic E-state index is 0.0992. The maximum absolute atomic E-state index is 13.8. The number of likely N-dealkylation sites (tertiary alicyclic amines) is 1. The van der Waals surface area contributed by atoms with Crippen molar-refractivity contribution in [1.82, 2.24) is 9.88 Å². The average molecular weight is 581 g/mol. The SMILES string of the molecule is C[C@@H](O[C@H]1CCC(CN2CCC[C@@H]2c2cccnc2)[C@@H]1c1ccc(F)cc1)c1cc(C(F)(F)F)cc(C(F)(F)F)c1. The number of ether oxygens (including phenoxy) is 1. The maximum Gasteiger partial charge on any atom is 0.416 e. The van der Waals surface area contributed by atoms with Gasteiger partial charge in [-0.2, -0.15) is 26.3 Å². The van der Waals surface area contributed by atoms with Gasteiger partial charge >= 0.3 is 12.4 Å². The maximum atomic E-state index is 13.8. The fourth-order valence-corrected chi connectivity index (χ4v) is 6.42. The second kappa shape index (κ2) is 11.7. The number of alkyl halides is 6. The van der Waals surface area contributed by atoms with Crippen molar-refractivity contribution in [2.24, 2.45) is 5.92 Å². The molecule has 1 aromatic heterocycles. The van der Waals surface area contributed by atoms with Crippen molar-refractivity contribution in [2.75, 3.05) is 13.1 Å². The summed E-state index contributed by atoms with van der Waals surface area (Å²) in [5, 5.41) is 0. The molecular formula is C31H31F7N2O. The van der Waals surface area contributed by atoms with Gasteiger partial charge in [-0.3, -0.25) is 9.88 Å². The van der Waals surface area contributed by atoms with Gasteiger partial charge in [0.05, 0.1) is 23.3 Å². The molecule has 1 unspecified atom stereocenters. The summed E-state index contributed by atoms with van der Waals surface area (Å²) in [5.74, 6) is -0.503. The monoisotopic (exact) mass is 580 g/mol. The highest BCUT2D eigenvalue weighted by Gasteiger charge is 2.42. The minimum Gasteiger partial charge on any atom is -0.370 e. The molecule has 1 aliphatic heterocycles. The molecular weight excluding hydrogens is 549 g/mol. The van der Waals surface area contributed by atoms with Crippen molar-refractivity contribution in [1.29, 1.82) is 0 Å². The fraction of sp³-hybridized carbons (Fsp3) is 0.452. The summed E-state index contributed by atoms with van der Waals surface area (Å²) in [6, 6.07) is 11.8. The van der Waals surface area contributed by atoms with E-state index in [0.717, 1.165) is 55.6 Å². The standard InChI is InChI=1S/C31H31F7N2O/c1-19(23-14-24(30(33,34)35)16-25(15-23)31(36,37)38)41-28-11-8-22(29(28)20-6-9-26(32)10-7-20)18-40-13-3-5-27(40)21-4-2-12-39-17-21/h2,4,6-7,9-10,12,14-17,19,22,27-29H,3,5,8,11,13,18H2,1H3/t19-,22?,27-,28+,29+/m1/s1. The second-order valence-corrected chi connectivity index (χ2v) is 11.0. The summed E-state index contributed by atoms with van der Waals surface area (Å²) in [7, 11) is 0. The minimum atomic E-state index is -4.94.